The zero-order valence-electron chi connectivity index (χ0n) is 13.1. The van der Waals surface area contributed by atoms with E-state index in [-0.39, 0.29) is 21.9 Å². The average Bonchev–Trinajstić information content (AvgIpc) is 3.04. The summed E-state index contributed by atoms with van der Waals surface area (Å²) in [7, 11) is -2.08. The van der Waals surface area contributed by atoms with E-state index in [9.17, 15) is 13.2 Å². The van der Waals surface area contributed by atoms with Gasteiger partial charge in [-0.1, -0.05) is 23.7 Å². The fraction of sp³-hybridized carbons (Fsp3) is 0.267. The van der Waals surface area contributed by atoms with Gasteiger partial charge in [0.1, 0.15) is 4.21 Å². The summed E-state index contributed by atoms with van der Waals surface area (Å²) in [6, 6.07) is 10.6. The second-order valence-corrected chi connectivity index (χ2v) is 9.91. The van der Waals surface area contributed by atoms with Crippen LogP contribution in [0.2, 0.25) is 5.02 Å². The first-order valence-electron chi connectivity index (χ1n) is 7.04. The highest BCUT2D eigenvalue weighted by Crippen LogP contribution is 2.30. The fourth-order valence-corrected chi connectivity index (χ4v) is 5.11. The Morgan fingerprint density at radius 3 is 2.67 bits per heavy atom. The van der Waals surface area contributed by atoms with E-state index in [1.807, 2.05) is 18.2 Å². The summed E-state index contributed by atoms with van der Waals surface area (Å²) in [6.07, 6.45) is 0. The molecule has 1 amide bonds. The van der Waals surface area contributed by atoms with Crippen LogP contribution in [0.3, 0.4) is 0 Å². The molecule has 130 valence electrons. The van der Waals surface area contributed by atoms with Gasteiger partial charge in [-0.15, -0.1) is 23.1 Å². The molecule has 0 saturated heterocycles. The maximum absolute atomic E-state index is 12.2. The molecule has 0 aliphatic heterocycles. The van der Waals surface area contributed by atoms with E-state index < -0.39 is 10.0 Å². The summed E-state index contributed by atoms with van der Waals surface area (Å²) in [5.41, 5.74) is 0. The molecule has 24 heavy (non-hydrogen) atoms. The van der Waals surface area contributed by atoms with Crippen molar-refractivity contribution in [3.63, 3.8) is 0 Å². The molecule has 1 aromatic carbocycles. The summed E-state index contributed by atoms with van der Waals surface area (Å²) < 4.78 is 25.9. The first kappa shape index (κ1) is 19.3. The molecule has 0 fully saturated rings. The quantitative estimate of drug-likeness (QED) is 0.695. The van der Waals surface area contributed by atoms with E-state index in [0.717, 1.165) is 21.1 Å². The Balaban J connectivity index is 1.92. The van der Waals surface area contributed by atoms with E-state index in [1.165, 1.54) is 24.9 Å². The lowest BCUT2D eigenvalue weighted by molar-refractivity contribution is -0.120. The van der Waals surface area contributed by atoms with Crippen LogP contribution < -0.4 is 10.0 Å². The van der Waals surface area contributed by atoms with Crippen molar-refractivity contribution in [1.82, 2.24) is 10.0 Å². The number of halogens is 1. The van der Waals surface area contributed by atoms with Gasteiger partial charge in [0.15, 0.2) is 0 Å². The van der Waals surface area contributed by atoms with Crippen molar-refractivity contribution < 1.29 is 13.2 Å². The van der Waals surface area contributed by atoms with Crippen LogP contribution in [0.4, 0.5) is 0 Å². The zero-order valence-corrected chi connectivity index (χ0v) is 16.3. The summed E-state index contributed by atoms with van der Waals surface area (Å²) in [5.74, 6) is -0.133. The Morgan fingerprint density at radius 1 is 1.29 bits per heavy atom. The van der Waals surface area contributed by atoms with Gasteiger partial charge in [0.2, 0.25) is 15.9 Å². The van der Waals surface area contributed by atoms with Crippen molar-refractivity contribution in [1.29, 1.82) is 0 Å². The first-order chi connectivity index (χ1) is 11.3. The van der Waals surface area contributed by atoms with Crippen LogP contribution in [0.15, 0.2) is 45.5 Å². The van der Waals surface area contributed by atoms with Gasteiger partial charge in [-0.25, -0.2) is 13.1 Å². The van der Waals surface area contributed by atoms with Crippen molar-refractivity contribution in [3.05, 3.63) is 46.3 Å². The second-order valence-electron chi connectivity index (χ2n) is 4.84. The summed E-state index contributed by atoms with van der Waals surface area (Å²) in [4.78, 5) is 13.8. The smallest absolute Gasteiger partial charge is 0.249 e. The molecule has 1 heterocycles. The first-order valence-corrected chi connectivity index (χ1v) is 10.6. The molecule has 0 aliphatic rings. The Morgan fingerprint density at radius 2 is 2.00 bits per heavy atom. The molecule has 0 radical (unpaired) electrons. The molecule has 1 aromatic heterocycles. The number of carbonyl (C=O) groups excluding carboxylic acids is 1. The van der Waals surface area contributed by atoms with Crippen LogP contribution in [0.1, 0.15) is 11.8 Å². The molecule has 0 saturated carbocycles. The van der Waals surface area contributed by atoms with Crippen LogP contribution in [0.5, 0.6) is 0 Å². The Kier molecular flexibility index (Phi) is 6.70. The number of carbonyl (C=O) groups is 1. The largest absolute Gasteiger partial charge is 0.350 e. The third kappa shape index (κ3) is 4.97. The van der Waals surface area contributed by atoms with Gasteiger partial charge in [0.25, 0.3) is 0 Å². The van der Waals surface area contributed by atoms with Gasteiger partial charge >= 0.3 is 0 Å². The van der Waals surface area contributed by atoms with Crippen LogP contribution in [0, 0.1) is 0 Å². The molecule has 2 rings (SSSR count). The number of hydrogen-bond donors (Lipinski definition) is 2. The third-order valence-corrected chi connectivity index (χ3v) is 7.73. The van der Waals surface area contributed by atoms with E-state index in [1.54, 1.807) is 19.1 Å². The van der Waals surface area contributed by atoms with Gasteiger partial charge in [0.05, 0.1) is 16.8 Å². The Labute approximate surface area is 154 Å². The van der Waals surface area contributed by atoms with Crippen LogP contribution >= 0.6 is 34.7 Å². The molecular weight excluding hydrogens is 388 g/mol. The number of sulfonamides is 1. The molecule has 5 nitrogen and oxygen atoms in total. The molecule has 2 aromatic rings. The zero-order chi connectivity index (χ0) is 17.7. The minimum atomic E-state index is -3.44. The maximum Gasteiger partial charge on any atom is 0.249 e. The normalized spacial score (nSPS) is 12.8. The average molecular weight is 405 g/mol. The molecule has 2 N–H and O–H groups in total. The van der Waals surface area contributed by atoms with Crippen molar-refractivity contribution in [2.45, 2.75) is 27.8 Å². The van der Waals surface area contributed by atoms with Gasteiger partial charge in [-0.05, 0) is 38.2 Å². The number of thioether (sulfide) groups is 1. The fourth-order valence-electron chi connectivity index (χ4n) is 1.80. The number of amides is 1. The molecule has 0 spiro atoms. The summed E-state index contributed by atoms with van der Waals surface area (Å²) >= 11 is 8.60. The lowest BCUT2D eigenvalue weighted by atomic mass is 10.4. The SMILES string of the molecule is CNS(=O)(=O)c1ccc(CNC(=O)C(C)Sc2ccccc2Cl)s1. The monoisotopic (exact) mass is 404 g/mol. The van der Waals surface area contributed by atoms with Crippen molar-refractivity contribution >= 4 is 50.6 Å². The number of thiophene rings is 1. The third-order valence-electron chi connectivity index (χ3n) is 3.12. The number of benzene rings is 1. The van der Waals surface area contributed by atoms with E-state index in [0.29, 0.717) is 5.02 Å². The van der Waals surface area contributed by atoms with Gasteiger partial charge < -0.3 is 5.32 Å². The molecule has 1 unspecified atom stereocenters. The molecule has 0 bridgehead atoms. The van der Waals surface area contributed by atoms with E-state index in [2.05, 4.69) is 10.0 Å². The number of hydrogen-bond acceptors (Lipinski definition) is 5. The lowest BCUT2D eigenvalue weighted by Gasteiger charge is -2.12. The topological polar surface area (TPSA) is 75.3 Å². The number of nitrogens with one attached hydrogen (secondary N) is 2. The van der Waals surface area contributed by atoms with Gasteiger partial charge in [-0.2, -0.15) is 0 Å². The molecule has 9 heteroatoms. The van der Waals surface area contributed by atoms with Gasteiger partial charge in [-0.3, -0.25) is 4.79 Å². The Bertz CT molecular complexity index is 821. The van der Waals surface area contributed by atoms with Gasteiger partial charge in [0, 0.05) is 9.77 Å². The second kappa shape index (κ2) is 8.35. The predicted molar refractivity (Wildman–Crippen MR) is 99.2 cm³/mol. The number of rotatable bonds is 7. The van der Waals surface area contributed by atoms with Crippen LogP contribution in [0.25, 0.3) is 0 Å². The summed E-state index contributed by atoms with van der Waals surface area (Å²) in [6.45, 7) is 2.09. The molecular formula is C15H17ClN2O3S3. The van der Waals surface area contributed by atoms with Crippen molar-refractivity contribution in [3.8, 4) is 0 Å². The van der Waals surface area contributed by atoms with Crippen LogP contribution in [-0.2, 0) is 21.4 Å². The highest BCUT2D eigenvalue weighted by molar-refractivity contribution is 8.00. The maximum atomic E-state index is 12.2. The van der Waals surface area contributed by atoms with Crippen LogP contribution in [-0.4, -0.2) is 26.6 Å². The highest BCUT2D eigenvalue weighted by Gasteiger charge is 2.17. The van der Waals surface area contributed by atoms with E-state index in [4.69, 9.17) is 11.6 Å². The minimum absolute atomic E-state index is 0.133. The van der Waals surface area contributed by atoms with Crippen molar-refractivity contribution in [2.24, 2.45) is 0 Å². The highest BCUT2D eigenvalue weighted by atomic mass is 35.5. The molecule has 1 atom stereocenters. The minimum Gasteiger partial charge on any atom is -0.350 e. The predicted octanol–water partition coefficient (Wildman–Crippen LogP) is 3.11. The lowest BCUT2D eigenvalue weighted by Crippen LogP contribution is -2.30. The molecule has 0 aliphatic carbocycles. The summed E-state index contributed by atoms with van der Waals surface area (Å²) in [5, 5.41) is 3.11. The van der Waals surface area contributed by atoms with E-state index >= 15 is 0 Å². The Hall–Kier alpha value is -1.06. The van der Waals surface area contributed by atoms with Crippen molar-refractivity contribution in [2.75, 3.05) is 7.05 Å². The standard InChI is InChI=1S/C15H17ClN2O3S3/c1-10(22-13-6-4-3-5-12(13)16)15(19)18-9-11-7-8-14(23-11)24(20,21)17-2/h3-8,10,17H,9H2,1-2H3,(H,18,19).